The van der Waals surface area contributed by atoms with Gasteiger partial charge < -0.3 is 5.73 Å². The summed E-state index contributed by atoms with van der Waals surface area (Å²) in [5, 5.41) is 7.00. The first-order valence-corrected chi connectivity index (χ1v) is 6.05. The maximum Gasteiger partial charge on any atom is 0.343 e. The van der Waals surface area contributed by atoms with Gasteiger partial charge in [-0.05, 0) is 30.3 Å². The van der Waals surface area contributed by atoms with Crippen LogP contribution in [0.15, 0.2) is 39.1 Å². The third-order valence-corrected chi connectivity index (χ3v) is 3.59. The summed E-state index contributed by atoms with van der Waals surface area (Å²) in [4.78, 5) is 12.3. The highest BCUT2D eigenvalue weighted by atomic mass is 32.2. The SMILES string of the molecule is C[C@H](N)c1ccccc1Sc1n[nH]c(=O)n1C. The molecule has 1 atom stereocenters. The molecule has 1 aromatic heterocycles. The largest absolute Gasteiger partial charge is 0.343 e. The van der Waals surface area contributed by atoms with Gasteiger partial charge >= 0.3 is 5.69 Å². The van der Waals surface area contributed by atoms with E-state index in [4.69, 9.17) is 5.73 Å². The fourth-order valence-corrected chi connectivity index (χ4v) is 2.50. The second-order valence-electron chi connectivity index (χ2n) is 3.80. The Labute approximate surface area is 103 Å². The lowest BCUT2D eigenvalue weighted by Crippen LogP contribution is -2.13. The van der Waals surface area contributed by atoms with Crippen LogP contribution in [0.2, 0.25) is 0 Å². The van der Waals surface area contributed by atoms with Crippen LogP contribution < -0.4 is 11.4 Å². The molecule has 0 fully saturated rings. The topological polar surface area (TPSA) is 76.7 Å². The molecule has 0 aliphatic carbocycles. The minimum Gasteiger partial charge on any atom is -0.324 e. The van der Waals surface area contributed by atoms with Crippen molar-refractivity contribution in [3.8, 4) is 0 Å². The van der Waals surface area contributed by atoms with E-state index in [1.54, 1.807) is 7.05 Å². The first kappa shape index (κ1) is 11.9. The third kappa shape index (κ3) is 2.42. The molecule has 0 aliphatic rings. The van der Waals surface area contributed by atoms with Crippen LogP contribution in [0.5, 0.6) is 0 Å². The van der Waals surface area contributed by atoms with Crippen molar-refractivity contribution < 1.29 is 0 Å². The lowest BCUT2D eigenvalue weighted by atomic mass is 10.1. The predicted octanol–water partition coefficient (Wildman–Crippen LogP) is 1.28. The second kappa shape index (κ2) is 4.77. The first-order valence-electron chi connectivity index (χ1n) is 5.23. The molecule has 0 aliphatic heterocycles. The Hall–Kier alpha value is -1.53. The lowest BCUT2D eigenvalue weighted by molar-refractivity contribution is 0.762. The molecule has 0 spiro atoms. The molecule has 2 aromatic rings. The Morgan fingerprint density at radius 3 is 2.76 bits per heavy atom. The Balaban J connectivity index is 2.36. The van der Waals surface area contributed by atoms with Crippen molar-refractivity contribution in [3.63, 3.8) is 0 Å². The highest BCUT2D eigenvalue weighted by Crippen LogP contribution is 2.30. The summed E-state index contributed by atoms with van der Waals surface area (Å²) in [5.74, 6) is 0. The van der Waals surface area contributed by atoms with Crippen LogP contribution in [0.4, 0.5) is 0 Å². The molecule has 1 heterocycles. The van der Waals surface area contributed by atoms with Crippen molar-refractivity contribution in [3.05, 3.63) is 40.3 Å². The number of rotatable bonds is 3. The molecule has 90 valence electrons. The lowest BCUT2D eigenvalue weighted by Gasteiger charge is -2.10. The molecule has 5 nitrogen and oxygen atoms in total. The number of nitrogens with zero attached hydrogens (tertiary/aromatic N) is 2. The van der Waals surface area contributed by atoms with Crippen LogP contribution >= 0.6 is 11.8 Å². The van der Waals surface area contributed by atoms with Crippen LogP contribution in [0, 0.1) is 0 Å². The van der Waals surface area contributed by atoms with Gasteiger partial charge in [0.15, 0.2) is 5.16 Å². The summed E-state index contributed by atoms with van der Waals surface area (Å²) in [6.07, 6.45) is 0. The van der Waals surface area contributed by atoms with E-state index in [2.05, 4.69) is 10.2 Å². The van der Waals surface area contributed by atoms with Gasteiger partial charge in [-0.1, -0.05) is 18.2 Å². The summed E-state index contributed by atoms with van der Waals surface area (Å²) in [5.41, 5.74) is 6.73. The van der Waals surface area contributed by atoms with Crippen LogP contribution in [0.1, 0.15) is 18.5 Å². The Morgan fingerprint density at radius 1 is 1.47 bits per heavy atom. The van der Waals surface area contributed by atoms with Crippen LogP contribution in [-0.4, -0.2) is 14.8 Å². The molecule has 6 heteroatoms. The van der Waals surface area contributed by atoms with Gasteiger partial charge in [0.25, 0.3) is 0 Å². The monoisotopic (exact) mass is 250 g/mol. The van der Waals surface area contributed by atoms with Gasteiger partial charge in [0.2, 0.25) is 0 Å². The molecule has 3 N–H and O–H groups in total. The van der Waals surface area contributed by atoms with Crippen molar-refractivity contribution in [1.82, 2.24) is 14.8 Å². The first-order chi connectivity index (χ1) is 8.09. The van der Waals surface area contributed by atoms with Gasteiger partial charge in [-0.15, -0.1) is 5.10 Å². The van der Waals surface area contributed by atoms with Gasteiger partial charge in [0.05, 0.1) is 0 Å². The summed E-state index contributed by atoms with van der Waals surface area (Å²) in [6, 6.07) is 7.81. The summed E-state index contributed by atoms with van der Waals surface area (Å²) < 4.78 is 1.47. The van der Waals surface area contributed by atoms with E-state index in [0.717, 1.165) is 10.5 Å². The van der Waals surface area contributed by atoms with E-state index in [1.165, 1.54) is 16.3 Å². The molecular weight excluding hydrogens is 236 g/mol. The van der Waals surface area contributed by atoms with Crippen molar-refractivity contribution in [2.45, 2.75) is 23.0 Å². The fourth-order valence-electron chi connectivity index (χ4n) is 1.47. The number of hydrogen-bond donors (Lipinski definition) is 2. The second-order valence-corrected chi connectivity index (χ2v) is 4.81. The predicted molar refractivity (Wildman–Crippen MR) is 67.0 cm³/mol. The molecule has 0 unspecified atom stereocenters. The van der Waals surface area contributed by atoms with Crippen LogP contribution in [0.3, 0.4) is 0 Å². The molecule has 0 saturated carbocycles. The maximum absolute atomic E-state index is 11.3. The molecule has 0 amide bonds. The summed E-state index contributed by atoms with van der Waals surface area (Å²) in [6.45, 7) is 1.93. The summed E-state index contributed by atoms with van der Waals surface area (Å²) >= 11 is 1.43. The molecule has 0 bridgehead atoms. The molecule has 17 heavy (non-hydrogen) atoms. The van der Waals surface area contributed by atoms with Gasteiger partial charge in [0, 0.05) is 18.0 Å². The number of nitrogens with two attached hydrogens (primary N) is 1. The summed E-state index contributed by atoms with van der Waals surface area (Å²) in [7, 11) is 1.68. The number of hydrogen-bond acceptors (Lipinski definition) is 4. The highest BCUT2D eigenvalue weighted by molar-refractivity contribution is 7.99. The number of nitrogens with one attached hydrogen (secondary N) is 1. The molecule has 2 rings (SSSR count). The van der Waals surface area contributed by atoms with Crippen molar-refractivity contribution in [2.24, 2.45) is 12.8 Å². The average Bonchev–Trinajstić information content (AvgIpc) is 2.61. The molecule has 0 radical (unpaired) electrons. The van der Waals surface area contributed by atoms with Crippen molar-refractivity contribution >= 4 is 11.8 Å². The standard InChI is InChI=1S/C11H14N4OS/c1-7(12)8-5-3-4-6-9(8)17-11-14-13-10(16)15(11)2/h3-7H,12H2,1-2H3,(H,13,16)/t7-/m0/s1. The highest BCUT2D eigenvalue weighted by Gasteiger charge is 2.11. The molecular formula is C11H14N4OS. The van der Waals surface area contributed by atoms with Crippen LogP contribution in [-0.2, 0) is 7.05 Å². The van der Waals surface area contributed by atoms with Crippen LogP contribution in [0.25, 0.3) is 0 Å². The van der Waals surface area contributed by atoms with Gasteiger partial charge in [-0.2, -0.15) is 0 Å². The number of benzene rings is 1. The smallest absolute Gasteiger partial charge is 0.324 e. The minimum absolute atomic E-state index is 0.0466. The van der Waals surface area contributed by atoms with E-state index in [0.29, 0.717) is 5.16 Å². The zero-order valence-electron chi connectivity index (χ0n) is 9.68. The number of H-pyrrole nitrogens is 1. The van der Waals surface area contributed by atoms with E-state index >= 15 is 0 Å². The zero-order valence-corrected chi connectivity index (χ0v) is 10.5. The van der Waals surface area contributed by atoms with Crippen molar-refractivity contribution in [1.29, 1.82) is 0 Å². The fraction of sp³-hybridized carbons (Fsp3) is 0.273. The Bertz CT molecular complexity index is 573. The molecule has 1 aromatic carbocycles. The van der Waals surface area contributed by atoms with Gasteiger partial charge in [-0.3, -0.25) is 4.57 Å². The minimum atomic E-state index is -0.217. The third-order valence-electron chi connectivity index (χ3n) is 2.45. The average molecular weight is 250 g/mol. The zero-order chi connectivity index (χ0) is 12.4. The van der Waals surface area contributed by atoms with E-state index in [-0.39, 0.29) is 11.7 Å². The Morgan fingerprint density at radius 2 is 2.18 bits per heavy atom. The number of aromatic nitrogens is 3. The van der Waals surface area contributed by atoms with E-state index in [1.807, 2.05) is 31.2 Å². The van der Waals surface area contributed by atoms with Gasteiger partial charge in [0.1, 0.15) is 0 Å². The maximum atomic E-state index is 11.3. The quantitative estimate of drug-likeness (QED) is 0.860. The van der Waals surface area contributed by atoms with Gasteiger partial charge in [-0.25, -0.2) is 9.89 Å². The normalized spacial score (nSPS) is 12.6. The van der Waals surface area contributed by atoms with Crippen molar-refractivity contribution in [2.75, 3.05) is 0 Å². The van der Waals surface area contributed by atoms with E-state index in [9.17, 15) is 4.79 Å². The molecule has 0 saturated heterocycles. The number of aromatic amines is 1. The van der Waals surface area contributed by atoms with E-state index < -0.39 is 0 Å². The Kier molecular flexibility index (Phi) is 3.35.